The first kappa shape index (κ1) is 7.60. The van der Waals surface area contributed by atoms with E-state index in [0.29, 0.717) is 0 Å². The van der Waals surface area contributed by atoms with Crippen LogP contribution in [0.3, 0.4) is 0 Å². The van der Waals surface area contributed by atoms with Crippen LogP contribution in [0.4, 0.5) is 5.69 Å². The average molecular weight is 147 g/mol. The van der Waals surface area contributed by atoms with E-state index in [2.05, 4.69) is 28.5 Å². The first-order valence-electron chi connectivity index (χ1n) is 3.19. The van der Waals surface area contributed by atoms with Gasteiger partial charge in [-0.3, -0.25) is 4.99 Å². The SMILES string of the molecule is C=Nc1cnncc1C(=C)C. The van der Waals surface area contributed by atoms with Gasteiger partial charge in [0.05, 0.1) is 18.1 Å². The number of hydrogen-bond donors (Lipinski definition) is 0. The van der Waals surface area contributed by atoms with Gasteiger partial charge in [-0.2, -0.15) is 10.2 Å². The van der Waals surface area contributed by atoms with Crippen molar-refractivity contribution in [2.45, 2.75) is 6.92 Å². The summed E-state index contributed by atoms with van der Waals surface area (Å²) in [5.41, 5.74) is 2.55. The summed E-state index contributed by atoms with van der Waals surface area (Å²) in [6.07, 6.45) is 3.20. The Balaban J connectivity index is 3.22. The maximum absolute atomic E-state index is 3.78. The van der Waals surface area contributed by atoms with Crippen molar-refractivity contribution in [3.63, 3.8) is 0 Å². The second-order valence-corrected chi connectivity index (χ2v) is 2.23. The molecule has 0 bridgehead atoms. The zero-order chi connectivity index (χ0) is 8.27. The lowest BCUT2D eigenvalue weighted by atomic mass is 10.1. The summed E-state index contributed by atoms with van der Waals surface area (Å²) >= 11 is 0. The highest BCUT2D eigenvalue weighted by atomic mass is 15.1. The molecule has 0 saturated carbocycles. The molecule has 0 spiro atoms. The molecule has 3 nitrogen and oxygen atoms in total. The molecule has 1 rings (SSSR count). The van der Waals surface area contributed by atoms with Crippen molar-refractivity contribution < 1.29 is 0 Å². The third-order valence-electron chi connectivity index (χ3n) is 1.34. The monoisotopic (exact) mass is 147 g/mol. The minimum atomic E-state index is 0.729. The van der Waals surface area contributed by atoms with Gasteiger partial charge >= 0.3 is 0 Å². The maximum atomic E-state index is 3.78. The second kappa shape index (κ2) is 3.05. The minimum Gasteiger partial charge on any atom is -0.262 e. The minimum absolute atomic E-state index is 0.729. The van der Waals surface area contributed by atoms with Crippen molar-refractivity contribution in [1.29, 1.82) is 0 Å². The third kappa shape index (κ3) is 1.49. The quantitative estimate of drug-likeness (QED) is 0.598. The maximum Gasteiger partial charge on any atom is 0.0914 e. The highest BCUT2D eigenvalue weighted by molar-refractivity contribution is 5.71. The van der Waals surface area contributed by atoms with Crippen LogP contribution < -0.4 is 0 Å². The molecule has 1 aromatic heterocycles. The van der Waals surface area contributed by atoms with Crippen LogP contribution in [0, 0.1) is 0 Å². The van der Waals surface area contributed by atoms with Crippen LogP contribution in [0.25, 0.3) is 5.57 Å². The molecule has 0 unspecified atom stereocenters. The number of aromatic nitrogens is 2. The molecule has 0 aromatic carbocycles. The fraction of sp³-hybridized carbons (Fsp3) is 0.125. The number of rotatable bonds is 2. The zero-order valence-electron chi connectivity index (χ0n) is 6.41. The van der Waals surface area contributed by atoms with E-state index in [4.69, 9.17) is 0 Å². The Morgan fingerprint density at radius 3 is 2.55 bits per heavy atom. The number of allylic oxidation sites excluding steroid dienone is 1. The molecule has 1 heterocycles. The van der Waals surface area contributed by atoms with Crippen LogP contribution in [0.15, 0.2) is 24.0 Å². The first-order chi connectivity index (χ1) is 5.25. The topological polar surface area (TPSA) is 38.1 Å². The lowest BCUT2D eigenvalue weighted by molar-refractivity contribution is 1.02. The van der Waals surface area contributed by atoms with Gasteiger partial charge in [0.2, 0.25) is 0 Å². The highest BCUT2D eigenvalue weighted by Gasteiger charge is 1.99. The van der Waals surface area contributed by atoms with Gasteiger partial charge in [-0.25, -0.2) is 0 Å². The van der Waals surface area contributed by atoms with Crippen molar-refractivity contribution in [2.24, 2.45) is 4.99 Å². The van der Waals surface area contributed by atoms with Crippen LogP contribution in [-0.2, 0) is 0 Å². The molecule has 56 valence electrons. The summed E-state index contributed by atoms with van der Waals surface area (Å²) in [6.45, 7) is 9.09. The van der Waals surface area contributed by atoms with Crippen LogP contribution in [-0.4, -0.2) is 16.9 Å². The van der Waals surface area contributed by atoms with E-state index in [1.165, 1.54) is 0 Å². The van der Waals surface area contributed by atoms with Gasteiger partial charge in [-0.1, -0.05) is 6.58 Å². The summed E-state index contributed by atoms with van der Waals surface area (Å²) in [7, 11) is 0. The predicted octanol–water partition coefficient (Wildman–Crippen LogP) is 1.84. The van der Waals surface area contributed by atoms with E-state index in [1.54, 1.807) is 12.4 Å². The van der Waals surface area contributed by atoms with Gasteiger partial charge in [0.25, 0.3) is 0 Å². The van der Waals surface area contributed by atoms with Gasteiger partial charge in [0, 0.05) is 5.56 Å². The number of nitrogens with zero attached hydrogens (tertiary/aromatic N) is 3. The van der Waals surface area contributed by atoms with E-state index in [9.17, 15) is 0 Å². The van der Waals surface area contributed by atoms with Gasteiger partial charge in [-0.15, -0.1) is 0 Å². The summed E-state index contributed by atoms with van der Waals surface area (Å²) in [4.78, 5) is 3.78. The van der Waals surface area contributed by atoms with E-state index >= 15 is 0 Å². The lowest BCUT2D eigenvalue weighted by Gasteiger charge is -2.00. The Hall–Kier alpha value is -1.51. The lowest BCUT2D eigenvalue weighted by Crippen LogP contribution is -1.84. The first-order valence-corrected chi connectivity index (χ1v) is 3.19. The normalized spacial score (nSPS) is 9.18. The Labute approximate surface area is 65.5 Å². The van der Waals surface area contributed by atoms with Crippen LogP contribution in [0.2, 0.25) is 0 Å². The number of hydrogen-bond acceptors (Lipinski definition) is 3. The molecular weight excluding hydrogens is 138 g/mol. The molecule has 3 heteroatoms. The van der Waals surface area contributed by atoms with Crippen molar-refractivity contribution in [1.82, 2.24) is 10.2 Å². The standard InChI is InChI=1S/C8H9N3/c1-6(2)7-4-10-11-5-8(7)9-3/h4-5H,1,3H2,2H3. The van der Waals surface area contributed by atoms with E-state index in [0.717, 1.165) is 16.8 Å². The summed E-state index contributed by atoms with van der Waals surface area (Å²) < 4.78 is 0. The molecule has 0 aliphatic rings. The Bertz CT molecular complexity index is 291. The molecule has 0 fully saturated rings. The number of aliphatic imine (C=N–C) groups is 1. The van der Waals surface area contributed by atoms with Gasteiger partial charge in [0.15, 0.2) is 0 Å². The van der Waals surface area contributed by atoms with Crippen molar-refractivity contribution in [2.75, 3.05) is 0 Å². The van der Waals surface area contributed by atoms with Gasteiger partial charge < -0.3 is 0 Å². The third-order valence-corrected chi connectivity index (χ3v) is 1.34. The Morgan fingerprint density at radius 1 is 1.45 bits per heavy atom. The second-order valence-electron chi connectivity index (χ2n) is 2.23. The predicted molar refractivity (Wildman–Crippen MR) is 45.9 cm³/mol. The van der Waals surface area contributed by atoms with E-state index in [-0.39, 0.29) is 0 Å². The molecule has 0 aliphatic carbocycles. The largest absolute Gasteiger partial charge is 0.262 e. The summed E-state index contributed by atoms with van der Waals surface area (Å²) in [5.74, 6) is 0. The average Bonchev–Trinajstić information content (AvgIpc) is 2.04. The fourth-order valence-corrected chi connectivity index (χ4v) is 0.770. The van der Waals surface area contributed by atoms with E-state index < -0.39 is 0 Å². The smallest absolute Gasteiger partial charge is 0.0914 e. The zero-order valence-corrected chi connectivity index (χ0v) is 6.41. The van der Waals surface area contributed by atoms with Crippen molar-refractivity contribution >= 4 is 18.0 Å². The van der Waals surface area contributed by atoms with E-state index in [1.807, 2.05) is 6.92 Å². The van der Waals surface area contributed by atoms with Crippen LogP contribution >= 0.6 is 0 Å². The van der Waals surface area contributed by atoms with Gasteiger partial charge in [0.1, 0.15) is 0 Å². The summed E-state index contributed by atoms with van der Waals surface area (Å²) in [5, 5.41) is 7.39. The molecule has 0 amide bonds. The molecule has 0 radical (unpaired) electrons. The fourth-order valence-electron chi connectivity index (χ4n) is 0.770. The van der Waals surface area contributed by atoms with Crippen molar-refractivity contribution in [3.8, 4) is 0 Å². The van der Waals surface area contributed by atoms with Crippen LogP contribution in [0.1, 0.15) is 12.5 Å². The Morgan fingerprint density at radius 2 is 2.09 bits per heavy atom. The molecule has 0 atom stereocenters. The highest BCUT2D eigenvalue weighted by Crippen LogP contribution is 2.21. The molecule has 0 N–H and O–H groups in total. The molecule has 1 aromatic rings. The van der Waals surface area contributed by atoms with Gasteiger partial charge in [-0.05, 0) is 19.2 Å². The molecule has 11 heavy (non-hydrogen) atoms. The molecule has 0 saturated heterocycles. The van der Waals surface area contributed by atoms with Crippen molar-refractivity contribution in [3.05, 3.63) is 24.5 Å². The Kier molecular flexibility index (Phi) is 2.11. The summed E-state index contributed by atoms with van der Waals surface area (Å²) in [6, 6.07) is 0. The van der Waals surface area contributed by atoms with Crippen LogP contribution in [0.5, 0.6) is 0 Å². The molecule has 0 aliphatic heterocycles. The molecular formula is C8H9N3.